The van der Waals surface area contributed by atoms with Crippen molar-refractivity contribution in [1.29, 1.82) is 0 Å². The van der Waals surface area contributed by atoms with E-state index in [2.05, 4.69) is 24.1 Å². The zero-order valence-corrected chi connectivity index (χ0v) is 14.7. The molecule has 4 atom stereocenters. The minimum absolute atomic E-state index is 0.135. The van der Waals surface area contributed by atoms with Gasteiger partial charge in [0.25, 0.3) is 5.91 Å². The average Bonchev–Trinajstić information content (AvgIpc) is 2.58. The zero-order chi connectivity index (χ0) is 17.7. The Labute approximate surface area is 142 Å². The van der Waals surface area contributed by atoms with Crippen molar-refractivity contribution in [2.45, 2.75) is 52.2 Å². The highest BCUT2D eigenvalue weighted by Crippen LogP contribution is 2.29. The van der Waals surface area contributed by atoms with E-state index in [-0.39, 0.29) is 23.4 Å². The van der Waals surface area contributed by atoms with E-state index in [1.54, 1.807) is 19.1 Å². The molecule has 1 fully saturated rings. The summed E-state index contributed by atoms with van der Waals surface area (Å²) in [5.74, 6) is 0.306. The minimum Gasteiger partial charge on any atom is -0.480 e. The molecule has 24 heavy (non-hydrogen) atoms. The van der Waals surface area contributed by atoms with Crippen molar-refractivity contribution in [1.82, 2.24) is 10.3 Å². The first-order valence-corrected chi connectivity index (χ1v) is 8.44. The van der Waals surface area contributed by atoms with Gasteiger partial charge >= 0.3 is 5.97 Å². The van der Waals surface area contributed by atoms with E-state index in [1.165, 1.54) is 19.7 Å². The topological polar surface area (TPSA) is 77.5 Å². The molecule has 1 aliphatic carbocycles. The monoisotopic (exact) mass is 334 g/mol. The van der Waals surface area contributed by atoms with Gasteiger partial charge < -0.3 is 14.8 Å². The van der Waals surface area contributed by atoms with E-state index in [0.29, 0.717) is 11.8 Å². The summed E-state index contributed by atoms with van der Waals surface area (Å²) in [5.41, 5.74) is 0.208. The van der Waals surface area contributed by atoms with Crippen LogP contribution in [-0.4, -0.2) is 36.1 Å². The summed E-state index contributed by atoms with van der Waals surface area (Å²) in [5, 5.41) is 3.02. The summed E-state index contributed by atoms with van der Waals surface area (Å²) < 4.78 is 10.3. The van der Waals surface area contributed by atoms with Gasteiger partial charge in [-0.15, -0.1) is 0 Å². The Kier molecular flexibility index (Phi) is 6.17. The molecule has 1 aromatic heterocycles. The van der Waals surface area contributed by atoms with E-state index in [4.69, 9.17) is 9.47 Å². The van der Waals surface area contributed by atoms with Gasteiger partial charge in [0.05, 0.1) is 7.11 Å². The van der Waals surface area contributed by atoms with E-state index in [0.717, 1.165) is 12.8 Å². The number of nitrogens with zero attached hydrogens (tertiary/aromatic N) is 1. The van der Waals surface area contributed by atoms with Crippen LogP contribution >= 0.6 is 0 Å². The molecule has 0 saturated heterocycles. The summed E-state index contributed by atoms with van der Waals surface area (Å²) in [4.78, 5) is 28.5. The molecule has 6 nitrogen and oxygen atoms in total. The van der Waals surface area contributed by atoms with Gasteiger partial charge in [-0.3, -0.25) is 4.79 Å². The third-order valence-corrected chi connectivity index (χ3v) is 4.87. The van der Waals surface area contributed by atoms with E-state index in [9.17, 15) is 9.59 Å². The van der Waals surface area contributed by atoms with Crippen LogP contribution < -0.4 is 10.1 Å². The number of hydrogen-bond acceptors (Lipinski definition) is 5. The molecule has 1 amide bonds. The summed E-state index contributed by atoms with van der Waals surface area (Å²) >= 11 is 0. The van der Waals surface area contributed by atoms with Crippen LogP contribution in [0.5, 0.6) is 5.88 Å². The molecular weight excluding hydrogens is 308 g/mol. The van der Waals surface area contributed by atoms with Gasteiger partial charge in [0.1, 0.15) is 5.56 Å². The highest BCUT2D eigenvalue weighted by molar-refractivity contribution is 5.94. The van der Waals surface area contributed by atoms with Crippen LogP contribution in [0, 0.1) is 11.8 Å². The van der Waals surface area contributed by atoms with Crippen molar-refractivity contribution in [2.75, 3.05) is 7.11 Å². The zero-order valence-electron chi connectivity index (χ0n) is 14.7. The molecule has 1 aliphatic rings. The number of pyridine rings is 1. The maximum absolute atomic E-state index is 12.3. The van der Waals surface area contributed by atoms with Crippen LogP contribution in [0.3, 0.4) is 0 Å². The smallest absolute Gasteiger partial charge is 0.344 e. The number of nitrogens with one attached hydrogen (secondary N) is 1. The second kappa shape index (κ2) is 8.13. The lowest BCUT2D eigenvalue weighted by molar-refractivity contribution is -0.130. The molecule has 0 bridgehead atoms. The Morgan fingerprint density at radius 3 is 2.79 bits per heavy atom. The van der Waals surface area contributed by atoms with Crippen molar-refractivity contribution in [3.05, 3.63) is 23.9 Å². The maximum atomic E-state index is 12.3. The Hall–Kier alpha value is -2.11. The number of methoxy groups -OCH3 is 1. The van der Waals surface area contributed by atoms with Crippen molar-refractivity contribution >= 4 is 11.9 Å². The van der Waals surface area contributed by atoms with Crippen molar-refractivity contribution in [3.8, 4) is 5.88 Å². The first kappa shape index (κ1) is 18.2. The molecular formula is C18H26N2O4. The van der Waals surface area contributed by atoms with Crippen molar-refractivity contribution in [3.63, 3.8) is 0 Å². The summed E-state index contributed by atoms with van der Waals surface area (Å²) in [7, 11) is 1.43. The number of carbonyl (C=O) groups is 2. The van der Waals surface area contributed by atoms with Crippen molar-refractivity contribution < 1.29 is 19.1 Å². The number of carbonyl (C=O) groups excluding carboxylic acids is 2. The first-order chi connectivity index (χ1) is 11.4. The minimum atomic E-state index is -0.869. The Balaban J connectivity index is 1.95. The average molecular weight is 334 g/mol. The first-order valence-electron chi connectivity index (χ1n) is 8.44. The molecule has 1 N–H and O–H groups in total. The summed E-state index contributed by atoms with van der Waals surface area (Å²) in [6.45, 7) is 5.94. The third kappa shape index (κ3) is 4.24. The lowest BCUT2D eigenvalue weighted by atomic mass is 9.78. The van der Waals surface area contributed by atoms with E-state index >= 15 is 0 Å². The molecule has 6 heteroatoms. The molecule has 0 radical (unpaired) electrons. The molecule has 0 spiro atoms. The number of esters is 1. The fraction of sp³-hybridized carbons (Fsp3) is 0.611. The molecule has 0 aromatic carbocycles. The van der Waals surface area contributed by atoms with Crippen molar-refractivity contribution in [2.24, 2.45) is 11.8 Å². The molecule has 132 valence electrons. The van der Waals surface area contributed by atoms with Crippen LogP contribution in [0.25, 0.3) is 0 Å². The van der Waals surface area contributed by atoms with Gasteiger partial charge in [-0.05, 0) is 37.3 Å². The van der Waals surface area contributed by atoms with Gasteiger partial charge in [-0.1, -0.05) is 26.7 Å². The van der Waals surface area contributed by atoms with Gasteiger partial charge in [0.15, 0.2) is 6.10 Å². The second-order valence-corrected chi connectivity index (χ2v) is 6.49. The maximum Gasteiger partial charge on any atom is 0.344 e. The predicted molar refractivity (Wildman–Crippen MR) is 89.8 cm³/mol. The predicted octanol–water partition coefficient (Wildman–Crippen LogP) is 2.58. The second-order valence-electron chi connectivity index (χ2n) is 6.49. The standard InChI is InChI=1S/C18H26N2O4/c1-11-7-5-9-15(12(11)2)20-16(21)13(3)24-18(22)14-8-6-10-19-17(14)23-4/h6,8,10-13,15H,5,7,9H2,1-4H3,(H,20,21). The summed E-state index contributed by atoms with van der Waals surface area (Å²) in [6, 6.07) is 3.31. The molecule has 1 heterocycles. The van der Waals surface area contributed by atoms with Gasteiger partial charge in [0, 0.05) is 12.2 Å². The Morgan fingerprint density at radius 1 is 1.33 bits per heavy atom. The van der Waals surface area contributed by atoms with Gasteiger partial charge in [-0.25, -0.2) is 9.78 Å². The lowest BCUT2D eigenvalue weighted by Crippen LogP contribution is -2.47. The lowest BCUT2D eigenvalue weighted by Gasteiger charge is -2.35. The molecule has 2 rings (SSSR count). The summed E-state index contributed by atoms with van der Waals surface area (Å²) in [6.07, 6.45) is 3.93. The number of aromatic nitrogens is 1. The number of hydrogen-bond donors (Lipinski definition) is 1. The Bertz CT molecular complexity index is 590. The normalized spacial score (nSPS) is 24.8. The quantitative estimate of drug-likeness (QED) is 0.838. The van der Waals surface area contributed by atoms with Crippen LogP contribution in [0.15, 0.2) is 18.3 Å². The molecule has 4 unspecified atom stereocenters. The fourth-order valence-corrected chi connectivity index (χ4v) is 3.07. The number of rotatable bonds is 5. The highest BCUT2D eigenvalue weighted by atomic mass is 16.5. The van der Waals surface area contributed by atoms with Gasteiger partial charge in [-0.2, -0.15) is 0 Å². The van der Waals surface area contributed by atoms with Gasteiger partial charge in [0.2, 0.25) is 5.88 Å². The molecule has 0 aliphatic heterocycles. The molecule has 1 saturated carbocycles. The number of amides is 1. The SMILES string of the molecule is COc1ncccc1C(=O)OC(C)C(=O)NC1CCCC(C)C1C. The van der Waals surface area contributed by atoms with Crippen LogP contribution in [0.2, 0.25) is 0 Å². The third-order valence-electron chi connectivity index (χ3n) is 4.87. The molecule has 1 aromatic rings. The van der Waals surface area contributed by atoms with Crippen LogP contribution in [0.1, 0.15) is 50.4 Å². The van der Waals surface area contributed by atoms with E-state index < -0.39 is 12.1 Å². The fourth-order valence-electron chi connectivity index (χ4n) is 3.07. The van der Waals surface area contributed by atoms with E-state index in [1.807, 2.05) is 0 Å². The highest BCUT2D eigenvalue weighted by Gasteiger charge is 2.30. The van der Waals surface area contributed by atoms with Crippen LogP contribution in [0.4, 0.5) is 0 Å². The Morgan fingerprint density at radius 2 is 2.08 bits per heavy atom. The van der Waals surface area contributed by atoms with Crippen LogP contribution in [-0.2, 0) is 9.53 Å². The number of ether oxygens (including phenoxy) is 2. The largest absolute Gasteiger partial charge is 0.480 e.